The molecule has 1 heterocycles. The van der Waals surface area contributed by atoms with Crippen LogP contribution < -0.4 is 5.73 Å². The molecular weight excluding hydrogens is 212 g/mol. The van der Waals surface area contributed by atoms with Crippen LogP contribution >= 0.6 is 0 Å². The lowest BCUT2D eigenvalue weighted by Crippen LogP contribution is -2.14. The van der Waals surface area contributed by atoms with Crippen molar-refractivity contribution in [3.8, 4) is 0 Å². The van der Waals surface area contributed by atoms with Crippen LogP contribution in [0, 0.1) is 0 Å². The van der Waals surface area contributed by atoms with Crippen molar-refractivity contribution in [2.45, 2.75) is 19.8 Å². The van der Waals surface area contributed by atoms with Crippen LogP contribution in [0.5, 0.6) is 0 Å². The van der Waals surface area contributed by atoms with E-state index in [2.05, 4.69) is 4.98 Å². The molecule has 0 atom stereocenters. The summed E-state index contributed by atoms with van der Waals surface area (Å²) < 4.78 is 0. The standard InChI is InChI=1S/C10H12N2O4/c1-4(2)6-3-5(9(13)14)7(10(15)16)8(11)12-6/h3-4H,1-2H3,(H2,11,12)(H,13,14)(H,15,16). The van der Waals surface area contributed by atoms with Gasteiger partial charge in [-0.1, -0.05) is 13.8 Å². The number of hydrogen-bond acceptors (Lipinski definition) is 4. The molecular formula is C10H12N2O4. The first-order chi connectivity index (χ1) is 7.34. The zero-order valence-corrected chi connectivity index (χ0v) is 8.89. The average Bonchev–Trinajstić information content (AvgIpc) is 2.15. The largest absolute Gasteiger partial charge is 0.478 e. The van der Waals surface area contributed by atoms with Crippen molar-refractivity contribution in [3.05, 3.63) is 22.9 Å². The maximum atomic E-state index is 10.9. The van der Waals surface area contributed by atoms with Crippen molar-refractivity contribution >= 4 is 17.8 Å². The van der Waals surface area contributed by atoms with E-state index in [1.165, 1.54) is 6.07 Å². The Morgan fingerprint density at radius 3 is 2.25 bits per heavy atom. The molecule has 0 spiro atoms. The number of nitrogen functional groups attached to an aromatic ring is 1. The lowest BCUT2D eigenvalue weighted by atomic mass is 10.0. The molecule has 1 aromatic rings. The second kappa shape index (κ2) is 4.18. The Morgan fingerprint density at radius 1 is 1.31 bits per heavy atom. The second-order valence-corrected chi connectivity index (χ2v) is 3.62. The molecule has 0 aliphatic rings. The molecule has 1 aromatic heterocycles. The maximum absolute atomic E-state index is 10.9. The fraction of sp³-hybridized carbons (Fsp3) is 0.300. The molecule has 0 amide bonds. The maximum Gasteiger partial charge on any atom is 0.340 e. The van der Waals surface area contributed by atoms with Crippen molar-refractivity contribution in [2.24, 2.45) is 0 Å². The number of rotatable bonds is 3. The highest BCUT2D eigenvalue weighted by Gasteiger charge is 2.22. The average molecular weight is 224 g/mol. The summed E-state index contributed by atoms with van der Waals surface area (Å²) in [6.07, 6.45) is 0. The van der Waals surface area contributed by atoms with Gasteiger partial charge in [-0.2, -0.15) is 0 Å². The van der Waals surface area contributed by atoms with E-state index < -0.39 is 17.5 Å². The normalized spacial score (nSPS) is 10.4. The Bertz CT molecular complexity index is 454. The minimum atomic E-state index is -1.39. The van der Waals surface area contributed by atoms with Crippen molar-refractivity contribution in [2.75, 3.05) is 5.73 Å². The monoisotopic (exact) mass is 224 g/mol. The Balaban J connectivity index is 3.52. The minimum Gasteiger partial charge on any atom is -0.478 e. The van der Waals surface area contributed by atoms with Crippen molar-refractivity contribution in [1.82, 2.24) is 4.98 Å². The summed E-state index contributed by atoms with van der Waals surface area (Å²) in [5.41, 5.74) is 5.11. The van der Waals surface area contributed by atoms with Crippen molar-refractivity contribution < 1.29 is 19.8 Å². The highest BCUT2D eigenvalue weighted by atomic mass is 16.4. The fourth-order valence-electron chi connectivity index (χ4n) is 1.27. The summed E-state index contributed by atoms with van der Waals surface area (Å²) >= 11 is 0. The van der Waals surface area contributed by atoms with E-state index in [1.54, 1.807) is 0 Å². The van der Waals surface area contributed by atoms with Gasteiger partial charge >= 0.3 is 11.9 Å². The highest BCUT2D eigenvalue weighted by molar-refractivity contribution is 6.04. The molecule has 16 heavy (non-hydrogen) atoms. The van der Waals surface area contributed by atoms with Gasteiger partial charge in [-0.15, -0.1) is 0 Å². The predicted molar refractivity (Wildman–Crippen MR) is 56.7 cm³/mol. The van der Waals surface area contributed by atoms with Gasteiger partial charge in [0, 0.05) is 5.69 Å². The van der Waals surface area contributed by atoms with E-state index in [0.29, 0.717) is 5.69 Å². The highest BCUT2D eigenvalue weighted by Crippen LogP contribution is 2.21. The van der Waals surface area contributed by atoms with E-state index in [1.807, 2.05) is 13.8 Å². The Labute approximate surface area is 91.7 Å². The van der Waals surface area contributed by atoms with Gasteiger partial charge in [0.2, 0.25) is 0 Å². The lowest BCUT2D eigenvalue weighted by Gasteiger charge is -2.10. The number of anilines is 1. The smallest absolute Gasteiger partial charge is 0.340 e. The van der Waals surface area contributed by atoms with E-state index in [-0.39, 0.29) is 17.3 Å². The molecule has 4 N–H and O–H groups in total. The summed E-state index contributed by atoms with van der Waals surface area (Å²) in [4.78, 5) is 25.6. The van der Waals surface area contributed by atoms with Gasteiger partial charge in [0.25, 0.3) is 0 Å². The topological polar surface area (TPSA) is 114 Å². The third kappa shape index (κ3) is 2.10. The van der Waals surface area contributed by atoms with Crippen LogP contribution in [0.25, 0.3) is 0 Å². The van der Waals surface area contributed by atoms with Crippen molar-refractivity contribution in [1.29, 1.82) is 0 Å². The molecule has 6 nitrogen and oxygen atoms in total. The number of hydrogen-bond donors (Lipinski definition) is 3. The van der Waals surface area contributed by atoms with Gasteiger partial charge < -0.3 is 15.9 Å². The number of carboxylic acids is 2. The van der Waals surface area contributed by atoms with Crippen LogP contribution in [0.1, 0.15) is 46.2 Å². The van der Waals surface area contributed by atoms with Crippen LogP contribution in [0.15, 0.2) is 6.07 Å². The number of nitrogens with two attached hydrogens (primary N) is 1. The molecule has 0 fully saturated rings. The number of aromatic nitrogens is 1. The van der Waals surface area contributed by atoms with Crippen LogP contribution in [0.2, 0.25) is 0 Å². The van der Waals surface area contributed by atoms with Crippen LogP contribution in [-0.2, 0) is 0 Å². The summed E-state index contributed by atoms with van der Waals surface area (Å²) in [6.45, 7) is 3.63. The predicted octanol–water partition coefficient (Wildman–Crippen LogP) is 1.18. The van der Waals surface area contributed by atoms with Crippen molar-refractivity contribution in [3.63, 3.8) is 0 Å². The first-order valence-electron chi connectivity index (χ1n) is 4.61. The fourth-order valence-corrected chi connectivity index (χ4v) is 1.27. The summed E-state index contributed by atoms with van der Waals surface area (Å²) in [7, 11) is 0. The molecule has 6 heteroatoms. The van der Waals surface area contributed by atoms with E-state index >= 15 is 0 Å². The van der Waals surface area contributed by atoms with Crippen LogP contribution in [0.4, 0.5) is 5.82 Å². The third-order valence-corrected chi connectivity index (χ3v) is 2.10. The Hall–Kier alpha value is -2.11. The molecule has 0 aliphatic heterocycles. The zero-order valence-electron chi connectivity index (χ0n) is 8.89. The SMILES string of the molecule is CC(C)c1cc(C(=O)O)c(C(=O)O)c(N)n1. The number of nitrogens with zero attached hydrogens (tertiary/aromatic N) is 1. The summed E-state index contributed by atoms with van der Waals surface area (Å²) in [6, 6.07) is 1.24. The molecule has 1 rings (SSSR count). The van der Waals surface area contributed by atoms with Crippen LogP contribution in [-0.4, -0.2) is 27.1 Å². The molecule has 0 aliphatic carbocycles. The van der Waals surface area contributed by atoms with E-state index in [4.69, 9.17) is 15.9 Å². The molecule has 0 saturated carbocycles. The first-order valence-corrected chi connectivity index (χ1v) is 4.61. The molecule has 0 unspecified atom stereocenters. The second-order valence-electron chi connectivity index (χ2n) is 3.62. The number of carboxylic acid groups (broad SMARTS) is 2. The number of carbonyl (C=O) groups is 2. The Kier molecular flexibility index (Phi) is 3.12. The summed E-state index contributed by atoms with van der Waals surface area (Å²) in [5, 5.41) is 17.7. The Morgan fingerprint density at radius 2 is 1.88 bits per heavy atom. The number of aromatic carboxylic acids is 2. The van der Waals surface area contributed by atoms with Gasteiger partial charge in [-0.05, 0) is 12.0 Å². The van der Waals surface area contributed by atoms with Crippen LogP contribution in [0.3, 0.4) is 0 Å². The molecule has 86 valence electrons. The first kappa shape index (κ1) is 12.0. The molecule has 0 saturated heterocycles. The van der Waals surface area contributed by atoms with Gasteiger partial charge in [-0.3, -0.25) is 0 Å². The van der Waals surface area contributed by atoms with E-state index in [9.17, 15) is 9.59 Å². The summed E-state index contributed by atoms with van der Waals surface area (Å²) in [5.74, 6) is -3.01. The number of pyridine rings is 1. The van der Waals surface area contributed by atoms with Gasteiger partial charge in [-0.25, -0.2) is 14.6 Å². The molecule has 0 aromatic carbocycles. The van der Waals surface area contributed by atoms with Gasteiger partial charge in [0.1, 0.15) is 11.4 Å². The van der Waals surface area contributed by atoms with Gasteiger partial charge in [0.15, 0.2) is 0 Å². The minimum absolute atomic E-state index is 0.0248. The molecule has 0 radical (unpaired) electrons. The quantitative estimate of drug-likeness (QED) is 0.710. The zero-order chi connectivity index (χ0) is 12.5. The third-order valence-electron chi connectivity index (χ3n) is 2.10. The lowest BCUT2D eigenvalue weighted by molar-refractivity contribution is 0.0651. The van der Waals surface area contributed by atoms with E-state index in [0.717, 1.165) is 0 Å². The van der Waals surface area contributed by atoms with Gasteiger partial charge in [0.05, 0.1) is 5.56 Å². The molecule has 0 bridgehead atoms.